The van der Waals surface area contributed by atoms with E-state index in [2.05, 4.69) is 9.72 Å². The summed E-state index contributed by atoms with van der Waals surface area (Å²) < 4.78 is 37.4. The van der Waals surface area contributed by atoms with Gasteiger partial charge in [0.05, 0.1) is 13.2 Å². The van der Waals surface area contributed by atoms with E-state index in [9.17, 15) is 18.4 Å². The van der Waals surface area contributed by atoms with Crippen molar-refractivity contribution in [3.05, 3.63) is 23.4 Å². The van der Waals surface area contributed by atoms with E-state index < -0.39 is 35.0 Å². The molecular formula is C20H27F2N3O4. The van der Waals surface area contributed by atoms with Crippen LogP contribution in [0.5, 0.6) is 0 Å². The molecule has 1 unspecified atom stereocenters. The fourth-order valence-electron chi connectivity index (χ4n) is 4.31. The quantitative estimate of drug-likeness (QED) is 0.741. The second kappa shape index (κ2) is 7.11. The van der Waals surface area contributed by atoms with Crippen molar-refractivity contribution in [2.24, 2.45) is 5.41 Å². The maximum absolute atomic E-state index is 13.6. The minimum atomic E-state index is -2.67. The number of carbonyl (C=O) groups excluding carboxylic acids is 2. The molecule has 2 aliphatic rings. The number of nitrogens with zero attached hydrogens (tertiary/aromatic N) is 2. The second-order valence-corrected chi connectivity index (χ2v) is 9.02. The zero-order chi connectivity index (χ0) is 21.6. The number of aromatic nitrogens is 1. The molecule has 3 rings (SSSR count). The molecule has 1 aliphatic heterocycles. The van der Waals surface area contributed by atoms with Gasteiger partial charge in [0.1, 0.15) is 11.4 Å². The average molecular weight is 411 g/mol. The van der Waals surface area contributed by atoms with Gasteiger partial charge < -0.3 is 20.1 Å². The van der Waals surface area contributed by atoms with Crippen molar-refractivity contribution in [2.75, 3.05) is 19.4 Å². The zero-order valence-electron chi connectivity index (χ0n) is 17.1. The summed E-state index contributed by atoms with van der Waals surface area (Å²) in [6.07, 6.45) is -0.116. The summed E-state index contributed by atoms with van der Waals surface area (Å²) in [7, 11) is 1.24. The number of hydrogen-bond donors (Lipinski definition) is 1. The number of likely N-dealkylation sites (tertiary alicyclic amines) is 1. The van der Waals surface area contributed by atoms with Gasteiger partial charge in [0.25, 0.3) is 0 Å². The first-order valence-electron chi connectivity index (χ1n) is 9.57. The lowest BCUT2D eigenvalue weighted by atomic mass is 9.59. The number of piperidine rings is 1. The standard InChI is InChI=1S/C20H27F2N3O4/c1-18(2,3)29-17(27)25-8-7-19(10-20(21,22)11-19)9-14(25)12-5-6-13(16(26)28-4)24-15(12)23/h5-6,14H,7-11H2,1-4H3,(H2,23,24). The Labute approximate surface area is 168 Å². The minimum Gasteiger partial charge on any atom is -0.464 e. The van der Waals surface area contributed by atoms with E-state index in [-0.39, 0.29) is 30.9 Å². The second-order valence-electron chi connectivity index (χ2n) is 9.02. The molecule has 1 spiro atoms. The van der Waals surface area contributed by atoms with E-state index in [1.54, 1.807) is 26.8 Å². The SMILES string of the molecule is COC(=O)c1ccc(C2CC3(CCN2C(=O)OC(C)(C)C)CC(F)(F)C3)c(N)n1. The number of hydrogen-bond acceptors (Lipinski definition) is 6. The Hall–Kier alpha value is -2.45. The normalized spacial score (nSPS) is 22.7. The molecular weight excluding hydrogens is 384 g/mol. The number of nitrogens with two attached hydrogens (primary N) is 1. The Kier molecular flexibility index (Phi) is 5.21. The van der Waals surface area contributed by atoms with Crippen molar-refractivity contribution < 1.29 is 27.8 Å². The maximum atomic E-state index is 13.6. The molecule has 29 heavy (non-hydrogen) atoms. The van der Waals surface area contributed by atoms with Gasteiger partial charge in [-0.05, 0) is 45.1 Å². The largest absolute Gasteiger partial charge is 0.464 e. The highest BCUT2D eigenvalue weighted by molar-refractivity contribution is 5.87. The summed E-state index contributed by atoms with van der Waals surface area (Å²) >= 11 is 0. The molecule has 2 heterocycles. The van der Waals surface area contributed by atoms with Crippen molar-refractivity contribution in [3.8, 4) is 0 Å². The number of rotatable bonds is 2. The van der Waals surface area contributed by atoms with Crippen molar-refractivity contribution in [2.45, 2.75) is 64.0 Å². The van der Waals surface area contributed by atoms with Crippen LogP contribution in [0.15, 0.2) is 12.1 Å². The lowest BCUT2D eigenvalue weighted by Gasteiger charge is -2.54. The van der Waals surface area contributed by atoms with E-state index in [0.717, 1.165) is 0 Å². The minimum absolute atomic E-state index is 0.0401. The fourth-order valence-corrected chi connectivity index (χ4v) is 4.31. The van der Waals surface area contributed by atoms with Crippen LogP contribution in [0, 0.1) is 5.41 Å². The lowest BCUT2D eigenvalue weighted by molar-refractivity contribution is -0.183. The zero-order valence-corrected chi connectivity index (χ0v) is 17.1. The Morgan fingerprint density at radius 2 is 1.93 bits per heavy atom. The number of alkyl halides is 2. The third kappa shape index (κ3) is 4.43. The number of pyridine rings is 1. The summed E-state index contributed by atoms with van der Waals surface area (Å²) in [6, 6.07) is 2.50. The van der Waals surface area contributed by atoms with Crippen molar-refractivity contribution in [1.82, 2.24) is 9.88 Å². The van der Waals surface area contributed by atoms with Crippen LogP contribution in [0.25, 0.3) is 0 Å². The molecule has 9 heteroatoms. The number of esters is 1. The van der Waals surface area contributed by atoms with Gasteiger partial charge in [-0.15, -0.1) is 0 Å². The molecule has 1 aromatic rings. The predicted molar refractivity (Wildman–Crippen MR) is 102 cm³/mol. The molecule has 1 saturated heterocycles. The summed E-state index contributed by atoms with van der Waals surface area (Å²) in [4.78, 5) is 30.1. The number of ether oxygens (including phenoxy) is 2. The summed E-state index contributed by atoms with van der Waals surface area (Å²) in [5.41, 5.74) is 5.40. The first kappa shape index (κ1) is 21.3. The van der Waals surface area contributed by atoms with Crippen LogP contribution in [-0.4, -0.2) is 47.1 Å². The molecule has 1 saturated carbocycles. The van der Waals surface area contributed by atoms with Crippen molar-refractivity contribution in [1.29, 1.82) is 0 Å². The average Bonchev–Trinajstić information content (AvgIpc) is 2.57. The van der Waals surface area contributed by atoms with Crippen LogP contribution in [0.1, 0.15) is 68.5 Å². The molecule has 7 nitrogen and oxygen atoms in total. The number of carbonyl (C=O) groups is 2. The van der Waals surface area contributed by atoms with Gasteiger partial charge in [-0.25, -0.2) is 23.4 Å². The molecule has 1 amide bonds. The number of nitrogen functional groups attached to an aromatic ring is 1. The van der Waals surface area contributed by atoms with Crippen LogP contribution in [-0.2, 0) is 9.47 Å². The number of amides is 1. The third-order valence-corrected chi connectivity index (χ3v) is 5.49. The Morgan fingerprint density at radius 3 is 2.45 bits per heavy atom. The van der Waals surface area contributed by atoms with Gasteiger partial charge in [-0.2, -0.15) is 0 Å². The molecule has 2 N–H and O–H groups in total. The monoisotopic (exact) mass is 411 g/mol. The Balaban J connectivity index is 1.92. The molecule has 2 fully saturated rings. The molecule has 1 aliphatic carbocycles. The van der Waals surface area contributed by atoms with E-state index >= 15 is 0 Å². The molecule has 1 atom stereocenters. The first-order valence-corrected chi connectivity index (χ1v) is 9.57. The van der Waals surface area contributed by atoms with Gasteiger partial charge in [-0.3, -0.25) is 0 Å². The highest BCUT2D eigenvalue weighted by atomic mass is 19.3. The van der Waals surface area contributed by atoms with Gasteiger partial charge in [0, 0.05) is 24.9 Å². The molecule has 1 aromatic heterocycles. The van der Waals surface area contributed by atoms with E-state index in [1.165, 1.54) is 18.1 Å². The molecule has 160 valence electrons. The summed E-state index contributed by atoms with van der Waals surface area (Å²) in [6.45, 7) is 5.57. The van der Waals surface area contributed by atoms with Gasteiger partial charge in [-0.1, -0.05) is 6.07 Å². The molecule has 0 bridgehead atoms. The summed E-state index contributed by atoms with van der Waals surface area (Å²) in [5, 5.41) is 0. The third-order valence-electron chi connectivity index (χ3n) is 5.49. The first-order chi connectivity index (χ1) is 13.3. The number of halogens is 2. The van der Waals surface area contributed by atoms with Gasteiger partial charge in [0.2, 0.25) is 5.92 Å². The van der Waals surface area contributed by atoms with E-state index in [0.29, 0.717) is 18.4 Å². The highest BCUT2D eigenvalue weighted by Crippen LogP contribution is 2.60. The summed E-state index contributed by atoms with van der Waals surface area (Å²) in [5.74, 6) is -3.24. The number of methoxy groups -OCH3 is 1. The van der Waals surface area contributed by atoms with Crippen LogP contribution in [0.3, 0.4) is 0 Å². The lowest BCUT2D eigenvalue weighted by Crippen LogP contribution is -2.54. The van der Waals surface area contributed by atoms with Crippen LogP contribution >= 0.6 is 0 Å². The van der Waals surface area contributed by atoms with E-state index in [4.69, 9.17) is 10.5 Å². The topological polar surface area (TPSA) is 94.8 Å². The number of anilines is 1. The van der Waals surface area contributed by atoms with Crippen LogP contribution < -0.4 is 5.73 Å². The highest BCUT2D eigenvalue weighted by Gasteiger charge is 2.59. The molecule has 0 radical (unpaired) electrons. The Bertz CT molecular complexity index is 814. The Morgan fingerprint density at radius 1 is 1.28 bits per heavy atom. The van der Waals surface area contributed by atoms with Gasteiger partial charge in [0.15, 0.2) is 5.69 Å². The smallest absolute Gasteiger partial charge is 0.410 e. The van der Waals surface area contributed by atoms with Crippen LogP contribution in [0.4, 0.5) is 19.4 Å². The van der Waals surface area contributed by atoms with Gasteiger partial charge >= 0.3 is 12.1 Å². The maximum Gasteiger partial charge on any atom is 0.410 e. The van der Waals surface area contributed by atoms with Crippen molar-refractivity contribution in [3.63, 3.8) is 0 Å². The van der Waals surface area contributed by atoms with Crippen LogP contribution in [0.2, 0.25) is 0 Å². The predicted octanol–water partition coefficient (Wildman–Crippen LogP) is 3.94. The van der Waals surface area contributed by atoms with Crippen molar-refractivity contribution >= 4 is 17.9 Å². The van der Waals surface area contributed by atoms with E-state index in [1.807, 2.05) is 0 Å². The molecule has 0 aromatic carbocycles. The fraction of sp³-hybridized carbons (Fsp3) is 0.650.